The number of methoxy groups -OCH3 is 2. The fraction of sp³-hybridized carbons (Fsp3) is 0.286. The molecule has 2 atom stereocenters. The number of amides is 2. The Bertz CT molecular complexity index is 1070. The first kappa shape index (κ1) is 21.3. The van der Waals surface area contributed by atoms with Gasteiger partial charge in [0.05, 0.1) is 14.2 Å². The molecule has 0 unspecified atom stereocenters. The summed E-state index contributed by atoms with van der Waals surface area (Å²) >= 11 is 12.0. The van der Waals surface area contributed by atoms with Crippen molar-refractivity contribution in [3.63, 3.8) is 0 Å². The van der Waals surface area contributed by atoms with Crippen LogP contribution in [0.25, 0.3) is 0 Å². The molecular weight excluding hydrogens is 447 g/mol. The number of nitrogens with one attached hydrogen (secondary N) is 1. The molecule has 8 nitrogen and oxygen atoms in total. The Hall–Kier alpha value is -2.97. The monoisotopic (exact) mass is 464 g/mol. The van der Waals surface area contributed by atoms with Crippen LogP contribution in [0.2, 0.25) is 10.0 Å². The van der Waals surface area contributed by atoms with Gasteiger partial charge in [0.1, 0.15) is 11.6 Å². The van der Waals surface area contributed by atoms with Crippen molar-refractivity contribution in [1.29, 1.82) is 0 Å². The number of nitrogens with zero attached hydrogens (tertiary/aromatic N) is 1. The summed E-state index contributed by atoms with van der Waals surface area (Å²) < 4.78 is 16.1. The standard InChI is InChI=1S/C21H18Cl2N2O6/c1-29-15-5-3-13-17(18(15)30-2)21(28)31-20(13)25-14(4-6-16(25)26)19(27)24-12-8-10(22)7-11(23)9-12/h3,5,7-9,14,20H,4,6H2,1-2H3,(H,24,27)/t14-,20+/m0/s1. The summed E-state index contributed by atoms with van der Waals surface area (Å²) in [7, 11) is 2.86. The van der Waals surface area contributed by atoms with Gasteiger partial charge in [-0.3, -0.25) is 14.5 Å². The number of hydrogen-bond acceptors (Lipinski definition) is 6. The molecule has 0 aliphatic carbocycles. The highest BCUT2D eigenvalue weighted by Gasteiger charge is 2.47. The van der Waals surface area contributed by atoms with Crippen LogP contribution in [-0.2, 0) is 14.3 Å². The van der Waals surface area contributed by atoms with E-state index >= 15 is 0 Å². The lowest BCUT2D eigenvalue weighted by Gasteiger charge is -2.29. The topological polar surface area (TPSA) is 94.2 Å². The Morgan fingerprint density at radius 3 is 2.48 bits per heavy atom. The largest absolute Gasteiger partial charge is 0.493 e. The summed E-state index contributed by atoms with van der Waals surface area (Å²) in [6, 6.07) is 7.05. The van der Waals surface area contributed by atoms with Crippen molar-refractivity contribution in [1.82, 2.24) is 4.90 Å². The van der Waals surface area contributed by atoms with Gasteiger partial charge in [-0.15, -0.1) is 0 Å². The van der Waals surface area contributed by atoms with Crippen molar-refractivity contribution in [3.8, 4) is 11.5 Å². The normalized spacial score (nSPS) is 19.8. The highest BCUT2D eigenvalue weighted by atomic mass is 35.5. The average molecular weight is 465 g/mol. The first-order chi connectivity index (χ1) is 14.8. The summed E-state index contributed by atoms with van der Waals surface area (Å²) in [6.07, 6.45) is -0.628. The summed E-state index contributed by atoms with van der Waals surface area (Å²) in [4.78, 5) is 39.6. The maximum Gasteiger partial charge on any atom is 0.344 e. The predicted molar refractivity (Wildman–Crippen MR) is 113 cm³/mol. The molecule has 10 heteroatoms. The molecular formula is C21H18Cl2N2O6. The van der Waals surface area contributed by atoms with E-state index in [2.05, 4.69) is 5.32 Å². The first-order valence-electron chi connectivity index (χ1n) is 9.38. The number of carbonyl (C=O) groups is 3. The number of likely N-dealkylation sites (tertiary alicyclic amines) is 1. The average Bonchev–Trinajstić information content (AvgIpc) is 3.26. The van der Waals surface area contributed by atoms with Crippen LogP contribution in [0.4, 0.5) is 5.69 Å². The predicted octanol–water partition coefficient (Wildman–Crippen LogP) is 3.81. The van der Waals surface area contributed by atoms with E-state index in [1.54, 1.807) is 30.3 Å². The van der Waals surface area contributed by atoms with Crippen LogP contribution in [0.15, 0.2) is 30.3 Å². The van der Waals surface area contributed by atoms with E-state index in [4.69, 9.17) is 37.4 Å². The molecule has 31 heavy (non-hydrogen) atoms. The smallest absolute Gasteiger partial charge is 0.344 e. The van der Waals surface area contributed by atoms with Crippen molar-refractivity contribution in [2.24, 2.45) is 0 Å². The number of fused-ring (bicyclic) bond motifs is 1. The van der Waals surface area contributed by atoms with E-state index < -0.39 is 24.1 Å². The number of cyclic esters (lactones) is 1. The molecule has 0 saturated carbocycles. The van der Waals surface area contributed by atoms with Crippen molar-refractivity contribution < 1.29 is 28.6 Å². The number of halogens is 2. The van der Waals surface area contributed by atoms with Gasteiger partial charge < -0.3 is 19.5 Å². The highest BCUT2D eigenvalue weighted by molar-refractivity contribution is 6.35. The second-order valence-corrected chi connectivity index (χ2v) is 7.90. The van der Waals surface area contributed by atoms with E-state index in [0.717, 1.165) is 0 Å². The Balaban J connectivity index is 1.65. The van der Waals surface area contributed by atoms with Crippen molar-refractivity contribution in [2.45, 2.75) is 25.1 Å². The zero-order valence-electron chi connectivity index (χ0n) is 16.6. The minimum Gasteiger partial charge on any atom is -0.493 e. The van der Waals surface area contributed by atoms with Crippen LogP contribution in [0.1, 0.15) is 35.0 Å². The van der Waals surface area contributed by atoms with Gasteiger partial charge >= 0.3 is 5.97 Å². The van der Waals surface area contributed by atoms with Gasteiger partial charge in [0, 0.05) is 27.7 Å². The summed E-state index contributed by atoms with van der Waals surface area (Å²) in [5.41, 5.74) is 1.01. The van der Waals surface area contributed by atoms with Gasteiger partial charge in [-0.2, -0.15) is 0 Å². The molecule has 2 heterocycles. The first-order valence-corrected chi connectivity index (χ1v) is 10.1. The zero-order chi connectivity index (χ0) is 22.3. The fourth-order valence-corrected chi connectivity index (χ4v) is 4.42. The van der Waals surface area contributed by atoms with Crippen molar-refractivity contribution >= 4 is 46.7 Å². The third-order valence-electron chi connectivity index (χ3n) is 5.21. The molecule has 4 rings (SSSR count). The number of esters is 1. The van der Waals surface area contributed by atoms with Crippen molar-refractivity contribution in [3.05, 3.63) is 51.5 Å². The second kappa shape index (κ2) is 8.28. The van der Waals surface area contributed by atoms with Gasteiger partial charge in [-0.1, -0.05) is 23.2 Å². The number of rotatable bonds is 5. The summed E-state index contributed by atoms with van der Waals surface area (Å²) in [5.74, 6) is -0.817. The lowest BCUT2D eigenvalue weighted by atomic mass is 10.1. The molecule has 1 fully saturated rings. The maximum atomic E-state index is 13.0. The molecule has 2 aromatic rings. The molecule has 0 aromatic heterocycles. The second-order valence-electron chi connectivity index (χ2n) is 7.03. The number of benzene rings is 2. The Morgan fingerprint density at radius 2 is 1.84 bits per heavy atom. The Kier molecular flexibility index (Phi) is 5.68. The van der Waals surface area contributed by atoms with E-state index in [1.165, 1.54) is 19.1 Å². The van der Waals surface area contributed by atoms with Crippen LogP contribution in [-0.4, -0.2) is 42.9 Å². The van der Waals surface area contributed by atoms with Crippen LogP contribution in [0.3, 0.4) is 0 Å². The molecule has 0 radical (unpaired) electrons. The van der Waals surface area contributed by atoms with E-state index in [9.17, 15) is 14.4 Å². The van der Waals surface area contributed by atoms with Crippen molar-refractivity contribution in [2.75, 3.05) is 19.5 Å². The molecule has 1 saturated heterocycles. The quantitative estimate of drug-likeness (QED) is 0.676. The fourth-order valence-electron chi connectivity index (χ4n) is 3.89. The lowest BCUT2D eigenvalue weighted by Crippen LogP contribution is -2.43. The minimum atomic E-state index is -1.05. The van der Waals surface area contributed by atoms with Gasteiger partial charge in [0.2, 0.25) is 18.0 Å². The van der Waals surface area contributed by atoms with E-state index in [0.29, 0.717) is 27.0 Å². The van der Waals surface area contributed by atoms with Crippen LogP contribution in [0.5, 0.6) is 11.5 Å². The Labute approximate surface area is 188 Å². The summed E-state index contributed by atoms with van der Waals surface area (Å²) in [6.45, 7) is 0. The number of hydrogen-bond donors (Lipinski definition) is 1. The van der Waals surface area contributed by atoms with E-state index in [1.807, 2.05) is 0 Å². The maximum absolute atomic E-state index is 13.0. The minimum absolute atomic E-state index is 0.144. The molecule has 2 aromatic carbocycles. The molecule has 0 spiro atoms. The third kappa shape index (κ3) is 3.77. The SMILES string of the molecule is COc1ccc2c(c1OC)C(=O)O[C@H]2N1C(=O)CC[C@H]1C(=O)Nc1cc(Cl)cc(Cl)c1. The molecule has 2 aliphatic heterocycles. The van der Waals surface area contributed by atoms with Gasteiger partial charge in [0.25, 0.3) is 0 Å². The van der Waals surface area contributed by atoms with Gasteiger partial charge in [-0.25, -0.2) is 4.79 Å². The third-order valence-corrected chi connectivity index (χ3v) is 5.64. The summed E-state index contributed by atoms with van der Waals surface area (Å²) in [5, 5.41) is 3.45. The molecule has 2 aliphatic rings. The van der Waals surface area contributed by atoms with Gasteiger partial charge in [0.15, 0.2) is 11.5 Å². The number of anilines is 1. The van der Waals surface area contributed by atoms with E-state index in [-0.39, 0.29) is 30.1 Å². The number of carbonyl (C=O) groups excluding carboxylic acids is 3. The zero-order valence-corrected chi connectivity index (χ0v) is 18.1. The highest BCUT2D eigenvalue weighted by Crippen LogP contribution is 2.45. The molecule has 162 valence electrons. The molecule has 0 bridgehead atoms. The molecule has 1 N–H and O–H groups in total. The number of ether oxygens (including phenoxy) is 3. The molecule has 2 amide bonds. The Morgan fingerprint density at radius 1 is 1.13 bits per heavy atom. The van der Waals surface area contributed by atoms with Gasteiger partial charge in [-0.05, 0) is 36.8 Å². The van der Waals surface area contributed by atoms with Crippen LogP contribution < -0.4 is 14.8 Å². The lowest BCUT2D eigenvalue weighted by molar-refractivity contribution is -0.144. The van der Waals surface area contributed by atoms with Crippen LogP contribution >= 0.6 is 23.2 Å². The van der Waals surface area contributed by atoms with Crippen LogP contribution in [0, 0.1) is 0 Å².